The lowest BCUT2D eigenvalue weighted by molar-refractivity contribution is 0.456. The highest BCUT2D eigenvalue weighted by atomic mass is 15.3. The zero-order chi connectivity index (χ0) is 10.7. The molecule has 3 nitrogen and oxygen atoms in total. The number of hydrogen-bond donors (Lipinski definition) is 0. The van der Waals surface area contributed by atoms with Gasteiger partial charge in [-0.3, -0.25) is 9.67 Å². The topological polar surface area (TPSA) is 30.7 Å². The highest BCUT2D eigenvalue weighted by Crippen LogP contribution is 2.19. The van der Waals surface area contributed by atoms with Gasteiger partial charge in [0.1, 0.15) is 0 Å². The van der Waals surface area contributed by atoms with Gasteiger partial charge in [0.2, 0.25) is 0 Å². The van der Waals surface area contributed by atoms with Gasteiger partial charge in [0.25, 0.3) is 0 Å². The fourth-order valence-electron chi connectivity index (χ4n) is 1.86. The van der Waals surface area contributed by atoms with Crippen LogP contribution < -0.4 is 0 Å². The van der Waals surface area contributed by atoms with Crippen LogP contribution in [0.15, 0.2) is 24.7 Å². The molecule has 0 aliphatic heterocycles. The molecule has 0 saturated carbocycles. The minimum Gasteiger partial charge on any atom is -0.262 e. The first-order chi connectivity index (χ1) is 7.33. The van der Waals surface area contributed by atoms with Crippen molar-refractivity contribution in [2.75, 3.05) is 0 Å². The van der Waals surface area contributed by atoms with Crippen LogP contribution in [0.4, 0.5) is 0 Å². The SMILES string of the molecule is CCCCC(C)n1ncc2ccncc21. The van der Waals surface area contributed by atoms with Crippen LogP contribution in [0.3, 0.4) is 0 Å². The van der Waals surface area contributed by atoms with Crippen molar-refractivity contribution >= 4 is 10.9 Å². The zero-order valence-electron chi connectivity index (χ0n) is 9.35. The smallest absolute Gasteiger partial charge is 0.0868 e. The molecule has 3 heteroatoms. The molecule has 2 aromatic heterocycles. The summed E-state index contributed by atoms with van der Waals surface area (Å²) in [5.74, 6) is 0. The first-order valence-electron chi connectivity index (χ1n) is 5.60. The molecule has 2 aromatic rings. The van der Waals surface area contributed by atoms with Crippen molar-refractivity contribution < 1.29 is 0 Å². The summed E-state index contributed by atoms with van der Waals surface area (Å²) in [4.78, 5) is 4.15. The van der Waals surface area contributed by atoms with Crippen molar-refractivity contribution in [3.63, 3.8) is 0 Å². The average molecular weight is 203 g/mol. The Hall–Kier alpha value is -1.38. The van der Waals surface area contributed by atoms with E-state index in [0.29, 0.717) is 6.04 Å². The summed E-state index contributed by atoms with van der Waals surface area (Å²) < 4.78 is 2.08. The van der Waals surface area contributed by atoms with Crippen molar-refractivity contribution in [1.82, 2.24) is 14.8 Å². The van der Waals surface area contributed by atoms with E-state index in [0.717, 1.165) is 5.52 Å². The predicted octanol–water partition coefficient (Wildman–Crippen LogP) is 3.18. The van der Waals surface area contributed by atoms with Crippen LogP contribution in [0.1, 0.15) is 39.2 Å². The van der Waals surface area contributed by atoms with E-state index in [4.69, 9.17) is 0 Å². The molecule has 0 aromatic carbocycles. The standard InChI is InChI=1S/C12H17N3/c1-3-4-5-10(2)15-12-9-13-7-6-11(12)8-14-15/h6-10H,3-5H2,1-2H3. The van der Waals surface area contributed by atoms with Gasteiger partial charge >= 0.3 is 0 Å². The molecule has 1 atom stereocenters. The van der Waals surface area contributed by atoms with Gasteiger partial charge in [-0.15, -0.1) is 0 Å². The number of rotatable bonds is 4. The first kappa shape index (κ1) is 10.1. The van der Waals surface area contributed by atoms with Crippen molar-refractivity contribution in [3.8, 4) is 0 Å². The van der Waals surface area contributed by atoms with Gasteiger partial charge in [0.05, 0.1) is 17.9 Å². The molecule has 2 heterocycles. The van der Waals surface area contributed by atoms with Crippen molar-refractivity contribution in [3.05, 3.63) is 24.7 Å². The van der Waals surface area contributed by atoms with Crippen LogP contribution in [0, 0.1) is 0 Å². The summed E-state index contributed by atoms with van der Waals surface area (Å²) in [6.07, 6.45) is 9.29. The minimum atomic E-state index is 0.464. The molecule has 80 valence electrons. The molecule has 0 radical (unpaired) electrons. The Morgan fingerprint density at radius 3 is 3.07 bits per heavy atom. The van der Waals surface area contributed by atoms with E-state index in [2.05, 4.69) is 28.6 Å². The number of pyridine rings is 1. The van der Waals surface area contributed by atoms with Crippen LogP contribution >= 0.6 is 0 Å². The Morgan fingerprint density at radius 1 is 1.40 bits per heavy atom. The highest BCUT2D eigenvalue weighted by Gasteiger charge is 2.08. The van der Waals surface area contributed by atoms with E-state index in [1.165, 1.54) is 24.6 Å². The van der Waals surface area contributed by atoms with Crippen molar-refractivity contribution in [1.29, 1.82) is 0 Å². The number of fused-ring (bicyclic) bond motifs is 1. The second-order valence-electron chi connectivity index (χ2n) is 4.01. The third-order valence-corrected chi connectivity index (χ3v) is 2.79. The predicted molar refractivity (Wildman–Crippen MR) is 61.8 cm³/mol. The Balaban J connectivity index is 2.27. The molecule has 0 amide bonds. The number of hydrogen-bond acceptors (Lipinski definition) is 2. The molecule has 0 bridgehead atoms. The van der Waals surface area contributed by atoms with Gasteiger partial charge < -0.3 is 0 Å². The van der Waals surface area contributed by atoms with Crippen molar-refractivity contribution in [2.24, 2.45) is 0 Å². The Bertz CT molecular complexity index is 433. The second kappa shape index (κ2) is 4.43. The van der Waals surface area contributed by atoms with Crippen LogP contribution in [0.25, 0.3) is 10.9 Å². The summed E-state index contributed by atoms with van der Waals surface area (Å²) in [6.45, 7) is 4.44. The van der Waals surface area contributed by atoms with Gasteiger partial charge in [-0.25, -0.2) is 0 Å². The normalized spacial score (nSPS) is 13.2. The Labute approximate surface area is 90.1 Å². The highest BCUT2D eigenvalue weighted by molar-refractivity contribution is 5.77. The Morgan fingerprint density at radius 2 is 2.27 bits per heavy atom. The number of unbranched alkanes of at least 4 members (excludes halogenated alkanes) is 1. The van der Waals surface area contributed by atoms with E-state index in [1.807, 2.05) is 24.7 Å². The quantitative estimate of drug-likeness (QED) is 0.764. The Kier molecular flexibility index (Phi) is 2.99. The maximum Gasteiger partial charge on any atom is 0.0868 e. The van der Waals surface area contributed by atoms with Gasteiger partial charge in [-0.1, -0.05) is 19.8 Å². The fourth-order valence-corrected chi connectivity index (χ4v) is 1.86. The minimum absolute atomic E-state index is 0.464. The number of aromatic nitrogens is 3. The molecule has 2 rings (SSSR count). The largest absolute Gasteiger partial charge is 0.262 e. The monoisotopic (exact) mass is 203 g/mol. The van der Waals surface area contributed by atoms with E-state index in [1.54, 1.807) is 0 Å². The molecule has 1 unspecified atom stereocenters. The molecule has 0 fully saturated rings. The summed E-state index contributed by atoms with van der Waals surface area (Å²) in [5.41, 5.74) is 1.14. The van der Waals surface area contributed by atoms with E-state index >= 15 is 0 Å². The van der Waals surface area contributed by atoms with Gasteiger partial charge in [0, 0.05) is 17.6 Å². The van der Waals surface area contributed by atoms with Gasteiger partial charge in [0.15, 0.2) is 0 Å². The van der Waals surface area contributed by atoms with E-state index in [9.17, 15) is 0 Å². The molecular weight excluding hydrogens is 186 g/mol. The average Bonchev–Trinajstić information content (AvgIpc) is 2.69. The molecule has 0 saturated heterocycles. The lowest BCUT2D eigenvalue weighted by atomic mass is 10.1. The molecular formula is C12H17N3. The maximum atomic E-state index is 4.42. The third kappa shape index (κ3) is 2.01. The van der Waals surface area contributed by atoms with Gasteiger partial charge in [-0.2, -0.15) is 5.10 Å². The summed E-state index contributed by atoms with van der Waals surface area (Å²) in [5, 5.41) is 5.60. The summed E-state index contributed by atoms with van der Waals surface area (Å²) in [7, 11) is 0. The van der Waals surface area contributed by atoms with Crippen LogP contribution in [-0.2, 0) is 0 Å². The molecule has 15 heavy (non-hydrogen) atoms. The second-order valence-corrected chi connectivity index (χ2v) is 4.01. The third-order valence-electron chi connectivity index (χ3n) is 2.79. The number of nitrogens with zero attached hydrogens (tertiary/aromatic N) is 3. The van der Waals surface area contributed by atoms with E-state index in [-0.39, 0.29) is 0 Å². The maximum absolute atomic E-state index is 4.42. The van der Waals surface area contributed by atoms with Crippen LogP contribution in [0.2, 0.25) is 0 Å². The molecule has 0 N–H and O–H groups in total. The fraction of sp³-hybridized carbons (Fsp3) is 0.500. The van der Waals surface area contributed by atoms with E-state index < -0.39 is 0 Å². The van der Waals surface area contributed by atoms with Crippen molar-refractivity contribution in [2.45, 2.75) is 39.2 Å². The molecule has 0 spiro atoms. The zero-order valence-corrected chi connectivity index (χ0v) is 9.35. The van der Waals surface area contributed by atoms with Gasteiger partial charge in [-0.05, 0) is 19.4 Å². The lowest BCUT2D eigenvalue weighted by Gasteiger charge is -2.12. The molecule has 0 aliphatic rings. The lowest BCUT2D eigenvalue weighted by Crippen LogP contribution is -2.06. The molecule has 0 aliphatic carbocycles. The van der Waals surface area contributed by atoms with Crippen LogP contribution in [-0.4, -0.2) is 14.8 Å². The first-order valence-corrected chi connectivity index (χ1v) is 5.60. The summed E-state index contributed by atoms with van der Waals surface area (Å²) in [6, 6.07) is 2.47. The summed E-state index contributed by atoms with van der Waals surface area (Å²) >= 11 is 0. The van der Waals surface area contributed by atoms with Crippen LogP contribution in [0.5, 0.6) is 0 Å².